The van der Waals surface area contributed by atoms with Gasteiger partial charge in [0.2, 0.25) is 0 Å². The highest BCUT2D eigenvalue weighted by Crippen LogP contribution is 2.29. The number of nitrogens with one attached hydrogen (secondary N) is 1. The van der Waals surface area contributed by atoms with E-state index in [1.54, 1.807) is 7.11 Å². The maximum absolute atomic E-state index is 5.98. The number of hydrogen-bond donors (Lipinski definition) is 1. The minimum Gasteiger partial charge on any atom is -0.496 e. The van der Waals surface area contributed by atoms with Gasteiger partial charge in [0.1, 0.15) is 5.75 Å². The van der Waals surface area contributed by atoms with Gasteiger partial charge < -0.3 is 14.8 Å². The number of rotatable bonds is 3. The van der Waals surface area contributed by atoms with Crippen LogP contribution in [0.3, 0.4) is 0 Å². The molecule has 1 heterocycles. The smallest absolute Gasteiger partial charge is 0.124 e. The highest BCUT2D eigenvalue weighted by molar-refractivity contribution is 5.38. The van der Waals surface area contributed by atoms with Gasteiger partial charge in [-0.15, -0.1) is 0 Å². The summed E-state index contributed by atoms with van der Waals surface area (Å²) in [6.07, 6.45) is 2.33. The number of hydrogen-bond acceptors (Lipinski definition) is 3. The van der Waals surface area contributed by atoms with Crippen molar-refractivity contribution in [3.05, 3.63) is 29.3 Å². The molecule has 1 N–H and O–H groups in total. The molecule has 1 aliphatic rings. The lowest BCUT2D eigenvalue weighted by atomic mass is 10.0. The van der Waals surface area contributed by atoms with Gasteiger partial charge in [0, 0.05) is 24.8 Å². The van der Waals surface area contributed by atoms with E-state index < -0.39 is 0 Å². The van der Waals surface area contributed by atoms with Crippen LogP contribution in [-0.4, -0.2) is 26.3 Å². The fourth-order valence-corrected chi connectivity index (χ4v) is 2.44. The summed E-state index contributed by atoms with van der Waals surface area (Å²) in [5.41, 5.74) is 2.40. The lowest BCUT2D eigenvalue weighted by molar-refractivity contribution is 0.0645. The maximum atomic E-state index is 5.98. The molecule has 1 fully saturated rings. The molecule has 2 unspecified atom stereocenters. The molecule has 0 aliphatic carbocycles. The molecular formula is C15H23NO2. The second-order valence-corrected chi connectivity index (χ2v) is 4.91. The molecule has 1 aliphatic heterocycles. The van der Waals surface area contributed by atoms with E-state index in [9.17, 15) is 0 Å². The Hall–Kier alpha value is -1.06. The molecule has 0 radical (unpaired) electrons. The molecule has 1 saturated heterocycles. The van der Waals surface area contributed by atoms with Gasteiger partial charge >= 0.3 is 0 Å². The van der Waals surface area contributed by atoms with Crippen molar-refractivity contribution >= 4 is 0 Å². The number of ether oxygens (including phenoxy) is 2. The lowest BCUT2D eigenvalue weighted by Gasteiger charge is -2.19. The van der Waals surface area contributed by atoms with Crippen molar-refractivity contribution in [2.75, 3.05) is 20.3 Å². The second kappa shape index (κ2) is 6.21. The lowest BCUT2D eigenvalue weighted by Crippen LogP contribution is -2.29. The summed E-state index contributed by atoms with van der Waals surface area (Å²) >= 11 is 0. The standard InChI is InChI=1S/C15H23NO2/c1-4-12-7-8-18-15(10-16-12)13-9-11(2)5-6-14(13)17-3/h5-6,9,12,15-16H,4,7-8,10H2,1-3H3. The largest absolute Gasteiger partial charge is 0.496 e. The molecule has 100 valence electrons. The minimum atomic E-state index is 0.0939. The van der Waals surface area contributed by atoms with Crippen molar-refractivity contribution in [3.63, 3.8) is 0 Å². The fraction of sp³-hybridized carbons (Fsp3) is 0.600. The van der Waals surface area contributed by atoms with Crippen molar-refractivity contribution in [3.8, 4) is 5.75 Å². The number of benzene rings is 1. The monoisotopic (exact) mass is 249 g/mol. The van der Waals surface area contributed by atoms with E-state index in [0.717, 1.165) is 37.3 Å². The minimum absolute atomic E-state index is 0.0939. The van der Waals surface area contributed by atoms with Crippen molar-refractivity contribution in [1.29, 1.82) is 0 Å². The Morgan fingerprint density at radius 3 is 3.00 bits per heavy atom. The Morgan fingerprint density at radius 2 is 2.28 bits per heavy atom. The van der Waals surface area contributed by atoms with Crippen LogP contribution in [0, 0.1) is 6.92 Å². The Labute approximate surface area is 109 Å². The Balaban J connectivity index is 2.17. The van der Waals surface area contributed by atoms with E-state index in [1.165, 1.54) is 5.56 Å². The number of aryl methyl sites for hydroxylation is 1. The summed E-state index contributed by atoms with van der Waals surface area (Å²) in [6, 6.07) is 6.83. The molecule has 0 spiro atoms. The number of methoxy groups -OCH3 is 1. The van der Waals surface area contributed by atoms with E-state index in [0.29, 0.717) is 6.04 Å². The van der Waals surface area contributed by atoms with Crippen LogP contribution in [0.4, 0.5) is 0 Å². The second-order valence-electron chi connectivity index (χ2n) is 4.91. The van der Waals surface area contributed by atoms with Gasteiger partial charge in [-0.05, 0) is 31.9 Å². The van der Waals surface area contributed by atoms with Gasteiger partial charge in [-0.1, -0.05) is 18.6 Å². The maximum Gasteiger partial charge on any atom is 0.124 e. The fourth-order valence-electron chi connectivity index (χ4n) is 2.44. The Kier molecular flexibility index (Phi) is 4.61. The first-order chi connectivity index (χ1) is 8.74. The van der Waals surface area contributed by atoms with Crippen LogP contribution in [0.25, 0.3) is 0 Å². The first-order valence-corrected chi connectivity index (χ1v) is 6.74. The van der Waals surface area contributed by atoms with Crippen molar-refractivity contribution in [1.82, 2.24) is 5.32 Å². The molecule has 2 atom stereocenters. The van der Waals surface area contributed by atoms with Crippen LogP contribution < -0.4 is 10.1 Å². The Bertz CT molecular complexity index is 392. The summed E-state index contributed by atoms with van der Waals surface area (Å²) in [5.74, 6) is 0.919. The van der Waals surface area contributed by atoms with E-state index in [2.05, 4.69) is 31.3 Å². The van der Waals surface area contributed by atoms with Crippen molar-refractivity contribution in [2.24, 2.45) is 0 Å². The highest BCUT2D eigenvalue weighted by atomic mass is 16.5. The molecule has 3 heteroatoms. The van der Waals surface area contributed by atoms with E-state index in [4.69, 9.17) is 9.47 Å². The van der Waals surface area contributed by atoms with Crippen LogP contribution in [0.5, 0.6) is 5.75 Å². The average Bonchev–Trinajstić information content (AvgIpc) is 2.63. The predicted molar refractivity (Wildman–Crippen MR) is 73.1 cm³/mol. The van der Waals surface area contributed by atoms with Crippen LogP contribution >= 0.6 is 0 Å². The third-order valence-electron chi connectivity index (χ3n) is 3.60. The topological polar surface area (TPSA) is 30.5 Å². The molecular weight excluding hydrogens is 226 g/mol. The van der Waals surface area contributed by atoms with Crippen molar-refractivity contribution in [2.45, 2.75) is 38.8 Å². The summed E-state index contributed by atoms with van der Waals surface area (Å²) in [4.78, 5) is 0. The third-order valence-corrected chi connectivity index (χ3v) is 3.60. The highest BCUT2D eigenvalue weighted by Gasteiger charge is 2.21. The van der Waals surface area contributed by atoms with Gasteiger partial charge in [-0.3, -0.25) is 0 Å². The summed E-state index contributed by atoms with van der Waals surface area (Å²) in [5, 5.41) is 3.57. The molecule has 2 rings (SSSR count). The van der Waals surface area contributed by atoms with Crippen LogP contribution in [0.1, 0.15) is 37.0 Å². The molecule has 1 aromatic rings. The predicted octanol–water partition coefficient (Wildman–Crippen LogP) is 2.83. The molecule has 18 heavy (non-hydrogen) atoms. The average molecular weight is 249 g/mol. The van der Waals surface area contributed by atoms with Gasteiger partial charge in [0.15, 0.2) is 0 Å². The molecule has 0 bridgehead atoms. The molecule has 3 nitrogen and oxygen atoms in total. The summed E-state index contributed by atoms with van der Waals surface area (Å²) in [7, 11) is 1.72. The van der Waals surface area contributed by atoms with Crippen LogP contribution in [0.15, 0.2) is 18.2 Å². The first-order valence-electron chi connectivity index (χ1n) is 6.74. The van der Waals surface area contributed by atoms with E-state index >= 15 is 0 Å². The zero-order chi connectivity index (χ0) is 13.0. The third kappa shape index (κ3) is 3.03. The molecule has 0 aromatic heterocycles. The van der Waals surface area contributed by atoms with E-state index in [-0.39, 0.29) is 6.10 Å². The molecule has 0 saturated carbocycles. The van der Waals surface area contributed by atoms with Crippen LogP contribution in [-0.2, 0) is 4.74 Å². The Morgan fingerprint density at radius 1 is 1.44 bits per heavy atom. The summed E-state index contributed by atoms with van der Waals surface area (Å²) in [6.45, 7) is 5.98. The van der Waals surface area contributed by atoms with Crippen molar-refractivity contribution < 1.29 is 9.47 Å². The van der Waals surface area contributed by atoms with Gasteiger partial charge in [-0.2, -0.15) is 0 Å². The normalized spacial score (nSPS) is 24.6. The van der Waals surface area contributed by atoms with Gasteiger partial charge in [-0.25, -0.2) is 0 Å². The SMILES string of the molecule is CCC1CCOC(c2cc(C)ccc2OC)CN1. The first kappa shape index (κ1) is 13.4. The van der Waals surface area contributed by atoms with Gasteiger partial charge in [0.25, 0.3) is 0 Å². The zero-order valence-electron chi connectivity index (χ0n) is 11.5. The van der Waals surface area contributed by atoms with Crippen LogP contribution in [0.2, 0.25) is 0 Å². The summed E-state index contributed by atoms with van der Waals surface area (Å²) < 4.78 is 11.4. The van der Waals surface area contributed by atoms with E-state index in [1.807, 2.05) is 6.07 Å². The zero-order valence-corrected chi connectivity index (χ0v) is 11.5. The molecule has 0 amide bonds. The quantitative estimate of drug-likeness (QED) is 0.893. The molecule has 1 aromatic carbocycles. The van der Waals surface area contributed by atoms with Gasteiger partial charge in [0.05, 0.1) is 13.2 Å².